The van der Waals surface area contributed by atoms with E-state index in [0.29, 0.717) is 32.2 Å². The average Bonchev–Trinajstić information content (AvgIpc) is 3.46. The highest BCUT2D eigenvalue weighted by Gasteiger charge is 2.33. The summed E-state index contributed by atoms with van der Waals surface area (Å²) in [6.07, 6.45) is 1.96. The normalized spacial score (nSPS) is 15.1. The minimum atomic E-state index is -0.716. The van der Waals surface area contributed by atoms with Gasteiger partial charge in [0.2, 0.25) is 0 Å². The van der Waals surface area contributed by atoms with E-state index in [1.54, 1.807) is 30.7 Å². The van der Waals surface area contributed by atoms with E-state index in [-0.39, 0.29) is 18.8 Å². The van der Waals surface area contributed by atoms with Gasteiger partial charge in [-0.1, -0.05) is 83.6 Å². The number of hydrogen-bond donors (Lipinski definition) is 0. The number of carbonyl (C=O) groups excluding carboxylic acids is 1. The maximum atomic E-state index is 14.2. The number of benzene rings is 3. The molecule has 5 aromatic rings. The molecule has 1 aliphatic rings. The van der Waals surface area contributed by atoms with Gasteiger partial charge in [-0.2, -0.15) is 0 Å². The predicted octanol–water partition coefficient (Wildman–Crippen LogP) is 5.39. The molecule has 0 radical (unpaired) electrons. The zero-order chi connectivity index (χ0) is 30.1. The molecule has 218 valence electrons. The quantitative estimate of drug-likeness (QED) is 0.174. The highest BCUT2D eigenvalue weighted by molar-refractivity contribution is 7.07. The zero-order valence-electron chi connectivity index (χ0n) is 24.0. The molecule has 0 bridgehead atoms. The Hall–Kier alpha value is -4.24. The third-order valence-corrected chi connectivity index (χ3v) is 8.92. The van der Waals surface area contributed by atoms with Crippen molar-refractivity contribution in [2.45, 2.75) is 26.4 Å². The summed E-state index contributed by atoms with van der Waals surface area (Å²) in [4.78, 5) is 32.8. The number of allylic oxidation sites excluding steroid dienone is 1. The van der Waals surface area contributed by atoms with Crippen molar-refractivity contribution in [2.24, 2.45) is 4.99 Å². The van der Waals surface area contributed by atoms with Gasteiger partial charge < -0.3 is 14.0 Å². The Morgan fingerprint density at radius 3 is 2.47 bits per heavy atom. The van der Waals surface area contributed by atoms with Crippen LogP contribution in [0.2, 0.25) is 5.02 Å². The van der Waals surface area contributed by atoms with Crippen LogP contribution in [0.4, 0.5) is 0 Å². The SMILES string of the molecule is COCCOC(=O)C1=C(C)N=c2sc(=Cc3c(C)n(Cc4ccccc4)c4ccccc34)c(=O)n2C1c1ccc(Cl)cc1. The Morgan fingerprint density at radius 2 is 1.72 bits per heavy atom. The molecule has 1 atom stereocenters. The van der Waals surface area contributed by atoms with E-state index in [1.165, 1.54) is 16.9 Å². The molecule has 0 spiro atoms. The number of rotatable bonds is 8. The summed E-state index contributed by atoms with van der Waals surface area (Å²) in [6, 6.07) is 25.0. The van der Waals surface area contributed by atoms with Gasteiger partial charge in [-0.3, -0.25) is 9.36 Å². The first-order chi connectivity index (χ1) is 20.9. The lowest BCUT2D eigenvalue weighted by Crippen LogP contribution is -2.40. The first-order valence-corrected chi connectivity index (χ1v) is 15.1. The van der Waals surface area contributed by atoms with E-state index in [9.17, 15) is 9.59 Å². The maximum absolute atomic E-state index is 14.2. The van der Waals surface area contributed by atoms with Crippen LogP contribution in [0.3, 0.4) is 0 Å². The van der Waals surface area contributed by atoms with Crippen molar-refractivity contribution in [3.05, 3.63) is 137 Å². The molecule has 0 aliphatic carbocycles. The largest absolute Gasteiger partial charge is 0.460 e. The Labute approximate surface area is 257 Å². The van der Waals surface area contributed by atoms with Crippen LogP contribution in [0, 0.1) is 6.92 Å². The topological polar surface area (TPSA) is 74.8 Å². The van der Waals surface area contributed by atoms with Crippen molar-refractivity contribution in [3.63, 3.8) is 0 Å². The molecule has 0 amide bonds. The van der Waals surface area contributed by atoms with Gasteiger partial charge in [0.1, 0.15) is 6.61 Å². The van der Waals surface area contributed by atoms with Gasteiger partial charge in [0.25, 0.3) is 5.56 Å². The molecule has 2 aromatic heterocycles. The summed E-state index contributed by atoms with van der Waals surface area (Å²) in [7, 11) is 1.54. The van der Waals surface area contributed by atoms with E-state index >= 15 is 0 Å². The van der Waals surface area contributed by atoms with Gasteiger partial charge in [-0.05, 0) is 49.2 Å². The fourth-order valence-electron chi connectivity index (χ4n) is 5.58. The molecule has 1 aliphatic heterocycles. The number of thiazole rings is 1. The number of halogens is 1. The molecule has 0 saturated carbocycles. The molecule has 0 N–H and O–H groups in total. The van der Waals surface area contributed by atoms with Crippen molar-refractivity contribution < 1.29 is 14.3 Å². The number of hydrogen-bond acceptors (Lipinski definition) is 6. The number of carbonyl (C=O) groups is 1. The molecule has 0 saturated heterocycles. The second-order valence-corrected chi connectivity index (χ2v) is 11.8. The second kappa shape index (κ2) is 12.2. The molecule has 1 unspecified atom stereocenters. The lowest BCUT2D eigenvalue weighted by molar-refractivity contribution is -0.140. The van der Waals surface area contributed by atoms with Crippen molar-refractivity contribution in [3.8, 4) is 0 Å². The lowest BCUT2D eigenvalue weighted by atomic mass is 9.96. The van der Waals surface area contributed by atoms with Crippen LogP contribution in [-0.2, 0) is 20.8 Å². The summed E-state index contributed by atoms with van der Waals surface area (Å²) in [5, 5.41) is 1.62. The van der Waals surface area contributed by atoms with Gasteiger partial charge in [0.05, 0.1) is 28.5 Å². The summed E-state index contributed by atoms with van der Waals surface area (Å²) >= 11 is 7.51. The molecule has 0 fully saturated rings. The molecule has 3 heterocycles. The van der Waals surface area contributed by atoms with E-state index in [4.69, 9.17) is 26.1 Å². The summed E-state index contributed by atoms with van der Waals surface area (Å²) in [5.41, 5.74) is 5.66. The van der Waals surface area contributed by atoms with Crippen molar-refractivity contribution in [1.82, 2.24) is 9.13 Å². The third-order valence-electron chi connectivity index (χ3n) is 7.69. The van der Waals surface area contributed by atoms with Crippen molar-refractivity contribution in [2.75, 3.05) is 20.3 Å². The number of fused-ring (bicyclic) bond motifs is 2. The standard InChI is InChI=1S/C34H30ClN3O4S/c1-21-30(33(40)42-18-17-41-3)31(24-13-15-25(35)16-14-24)38-32(39)29(43-34(38)36-21)19-27-22(2)37(20-23-9-5-4-6-10-23)28-12-8-7-11-26(27)28/h4-16,19,31H,17-18,20H2,1-3H3. The second-order valence-electron chi connectivity index (χ2n) is 10.4. The number of nitrogens with zero attached hydrogens (tertiary/aromatic N) is 3. The molecule has 7 nitrogen and oxygen atoms in total. The summed E-state index contributed by atoms with van der Waals surface area (Å²) in [5.74, 6) is -0.535. The van der Waals surface area contributed by atoms with Gasteiger partial charge >= 0.3 is 5.97 Å². The van der Waals surface area contributed by atoms with Gasteiger partial charge in [0, 0.05) is 40.8 Å². The average molecular weight is 612 g/mol. The minimum Gasteiger partial charge on any atom is -0.460 e. The van der Waals surface area contributed by atoms with E-state index in [2.05, 4.69) is 35.8 Å². The number of aromatic nitrogens is 2. The molecule has 3 aromatic carbocycles. The fraction of sp³-hybridized carbons (Fsp3) is 0.206. The predicted molar refractivity (Wildman–Crippen MR) is 170 cm³/mol. The Morgan fingerprint density at radius 1 is 1.00 bits per heavy atom. The molecule has 9 heteroatoms. The lowest BCUT2D eigenvalue weighted by Gasteiger charge is -2.24. The first-order valence-electron chi connectivity index (χ1n) is 13.9. The third kappa shape index (κ3) is 5.49. The van der Waals surface area contributed by atoms with Crippen LogP contribution in [0.5, 0.6) is 0 Å². The molecular weight excluding hydrogens is 582 g/mol. The highest BCUT2D eigenvalue weighted by Crippen LogP contribution is 2.32. The van der Waals surface area contributed by atoms with Crippen molar-refractivity contribution in [1.29, 1.82) is 0 Å². The maximum Gasteiger partial charge on any atom is 0.338 e. The number of para-hydroxylation sites is 1. The van der Waals surface area contributed by atoms with Gasteiger partial charge in [-0.15, -0.1) is 0 Å². The Balaban J connectivity index is 1.51. The van der Waals surface area contributed by atoms with Crippen LogP contribution in [0.1, 0.15) is 35.3 Å². The highest BCUT2D eigenvalue weighted by atomic mass is 35.5. The van der Waals surface area contributed by atoms with E-state index in [0.717, 1.165) is 27.7 Å². The molecular formula is C34H30ClN3O4S. The monoisotopic (exact) mass is 611 g/mol. The van der Waals surface area contributed by atoms with Gasteiger partial charge in [0.15, 0.2) is 4.80 Å². The number of ether oxygens (including phenoxy) is 2. The van der Waals surface area contributed by atoms with Crippen LogP contribution in [0.15, 0.2) is 99.9 Å². The zero-order valence-corrected chi connectivity index (χ0v) is 25.6. The fourth-order valence-corrected chi connectivity index (χ4v) is 6.73. The molecule has 43 heavy (non-hydrogen) atoms. The smallest absolute Gasteiger partial charge is 0.338 e. The van der Waals surface area contributed by atoms with Crippen LogP contribution >= 0.6 is 22.9 Å². The Bertz CT molecular complexity index is 2040. The molecule has 6 rings (SSSR count). The van der Waals surface area contributed by atoms with Crippen LogP contribution < -0.4 is 14.9 Å². The van der Waals surface area contributed by atoms with Crippen molar-refractivity contribution >= 4 is 45.9 Å². The van der Waals surface area contributed by atoms with Crippen LogP contribution in [-0.4, -0.2) is 35.4 Å². The van der Waals surface area contributed by atoms with E-state index < -0.39 is 12.0 Å². The number of esters is 1. The van der Waals surface area contributed by atoms with Crippen LogP contribution in [0.25, 0.3) is 17.0 Å². The first kappa shape index (κ1) is 28.9. The summed E-state index contributed by atoms with van der Waals surface area (Å²) in [6.45, 7) is 4.93. The number of methoxy groups -OCH3 is 1. The van der Waals surface area contributed by atoms with Gasteiger partial charge in [-0.25, -0.2) is 9.79 Å². The van der Waals surface area contributed by atoms with E-state index in [1.807, 2.05) is 48.5 Å². The minimum absolute atomic E-state index is 0.0934. The summed E-state index contributed by atoms with van der Waals surface area (Å²) < 4.78 is 15.0. The Kier molecular flexibility index (Phi) is 8.17.